The summed E-state index contributed by atoms with van der Waals surface area (Å²) >= 11 is 0. The molecular weight excluding hydrogens is 262 g/mol. The van der Waals surface area contributed by atoms with E-state index in [1.54, 1.807) is 13.1 Å². The predicted octanol–water partition coefficient (Wildman–Crippen LogP) is -0.345. The Bertz CT molecular complexity index is 581. The van der Waals surface area contributed by atoms with Gasteiger partial charge in [0.05, 0.1) is 5.56 Å². The molecule has 20 heavy (non-hydrogen) atoms. The summed E-state index contributed by atoms with van der Waals surface area (Å²) in [5.74, 6) is -3.22. The van der Waals surface area contributed by atoms with E-state index in [9.17, 15) is 19.5 Å². The average molecular weight is 276 g/mol. The van der Waals surface area contributed by atoms with Crippen molar-refractivity contribution in [3.8, 4) is 0 Å². The van der Waals surface area contributed by atoms with Gasteiger partial charge in [0, 0.05) is 25.5 Å². The zero-order chi connectivity index (χ0) is 14.9. The molecule has 0 bridgehead atoms. The van der Waals surface area contributed by atoms with Crippen LogP contribution < -0.4 is 5.11 Å². The summed E-state index contributed by atoms with van der Waals surface area (Å²) in [7, 11) is 1.58. The van der Waals surface area contributed by atoms with E-state index in [2.05, 4.69) is 0 Å². The molecule has 1 amide bonds. The summed E-state index contributed by atoms with van der Waals surface area (Å²) in [5.41, 5.74) is 1.70. The highest BCUT2D eigenvalue weighted by molar-refractivity contribution is 5.88. The largest absolute Gasteiger partial charge is 0.550 e. The number of fused-ring (bicyclic) bond motifs is 1. The van der Waals surface area contributed by atoms with E-state index in [4.69, 9.17) is 5.11 Å². The SMILES string of the molecule is CN1Cc2cc(C(=O)O)ccc2CC(CC(=O)[O-])C1=O. The zero-order valence-corrected chi connectivity index (χ0v) is 11.0. The first-order valence-corrected chi connectivity index (χ1v) is 6.18. The Labute approximate surface area is 115 Å². The smallest absolute Gasteiger partial charge is 0.335 e. The lowest BCUT2D eigenvalue weighted by atomic mass is 9.93. The van der Waals surface area contributed by atoms with Gasteiger partial charge in [-0.25, -0.2) is 4.79 Å². The van der Waals surface area contributed by atoms with Gasteiger partial charge in [-0.05, 0) is 36.1 Å². The second-order valence-electron chi connectivity index (χ2n) is 4.96. The number of carbonyl (C=O) groups is 3. The topological polar surface area (TPSA) is 97.7 Å². The van der Waals surface area contributed by atoms with Crippen LogP contribution in [0.4, 0.5) is 0 Å². The minimum absolute atomic E-state index is 0.156. The number of hydrogen-bond acceptors (Lipinski definition) is 4. The Morgan fingerprint density at radius 1 is 1.40 bits per heavy atom. The van der Waals surface area contributed by atoms with E-state index < -0.39 is 17.9 Å². The van der Waals surface area contributed by atoms with Crippen molar-refractivity contribution >= 4 is 17.8 Å². The van der Waals surface area contributed by atoms with Gasteiger partial charge in [-0.3, -0.25) is 4.79 Å². The maximum atomic E-state index is 12.1. The first-order chi connectivity index (χ1) is 9.38. The van der Waals surface area contributed by atoms with Crippen molar-refractivity contribution in [2.75, 3.05) is 7.05 Å². The third kappa shape index (κ3) is 2.79. The van der Waals surface area contributed by atoms with Crippen molar-refractivity contribution < 1.29 is 24.6 Å². The molecule has 1 N–H and O–H groups in total. The lowest BCUT2D eigenvalue weighted by molar-refractivity contribution is -0.306. The normalized spacial score (nSPS) is 18.4. The predicted molar refractivity (Wildman–Crippen MR) is 66.7 cm³/mol. The summed E-state index contributed by atoms with van der Waals surface area (Å²) in [6.07, 6.45) is -0.0460. The lowest BCUT2D eigenvalue weighted by Gasteiger charge is -2.20. The molecule has 106 valence electrons. The molecule has 6 nitrogen and oxygen atoms in total. The van der Waals surface area contributed by atoms with Crippen molar-refractivity contribution in [3.63, 3.8) is 0 Å². The minimum Gasteiger partial charge on any atom is -0.550 e. The van der Waals surface area contributed by atoms with Crippen LogP contribution in [-0.2, 0) is 22.6 Å². The number of carboxylic acids is 2. The molecule has 1 aromatic carbocycles. The first kappa shape index (κ1) is 14.0. The van der Waals surface area contributed by atoms with Gasteiger partial charge >= 0.3 is 5.97 Å². The molecule has 1 aliphatic heterocycles. The van der Waals surface area contributed by atoms with Crippen LogP contribution in [0.15, 0.2) is 18.2 Å². The van der Waals surface area contributed by atoms with Crippen LogP contribution >= 0.6 is 0 Å². The number of nitrogens with zero attached hydrogens (tertiary/aromatic N) is 1. The van der Waals surface area contributed by atoms with Gasteiger partial charge in [0.1, 0.15) is 0 Å². The van der Waals surface area contributed by atoms with E-state index in [1.807, 2.05) is 0 Å². The Morgan fingerprint density at radius 3 is 2.70 bits per heavy atom. The Hall–Kier alpha value is -2.37. The molecule has 1 unspecified atom stereocenters. The first-order valence-electron chi connectivity index (χ1n) is 6.18. The van der Waals surface area contributed by atoms with Crippen LogP contribution in [-0.4, -0.2) is 34.9 Å². The minimum atomic E-state index is -1.26. The number of carboxylic acid groups (broad SMARTS) is 2. The summed E-state index contributed by atoms with van der Waals surface area (Å²) in [6, 6.07) is 4.64. The standard InChI is InChI=1S/C14H15NO5/c1-15-7-11-5-9(14(19)20)3-2-8(11)4-10(13(15)18)6-12(16)17/h2-3,5,10H,4,6-7H2,1H3,(H,16,17)(H,19,20)/p-1. The molecule has 1 atom stereocenters. The van der Waals surface area contributed by atoms with Gasteiger partial charge < -0.3 is 19.9 Å². The van der Waals surface area contributed by atoms with Gasteiger partial charge in [-0.1, -0.05) is 6.07 Å². The number of benzene rings is 1. The lowest BCUT2D eigenvalue weighted by Crippen LogP contribution is -2.35. The Morgan fingerprint density at radius 2 is 2.10 bits per heavy atom. The highest BCUT2D eigenvalue weighted by atomic mass is 16.4. The van der Waals surface area contributed by atoms with Crippen LogP contribution in [0.2, 0.25) is 0 Å². The van der Waals surface area contributed by atoms with Gasteiger partial charge in [0.15, 0.2) is 0 Å². The Kier molecular flexibility index (Phi) is 3.74. The van der Waals surface area contributed by atoms with Crippen LogP contribution in [0.5, 0.6) is 0 Å². The van der Waals surface area contributed by atoms with Gasteiger partial charge in [-0.15, -0.1) is 0 Å². The number of aromatic carboxylic acids is 1. The van der Waals surface area contributed by atoms with E-state index in [0.29, 0.717) is 0 Å². The molecule has 6 heteroatoms. The van der Waals surface area contributed by atoms with E-state index in [0.717, 1.165) is 11.1 Å². The maximum absolute atomic E-state index is 12.1. The number of hydrogen-bond donors (Lipinski definition) is 1. The summed E-state index contributed by atoms with van der Waals surface area (Å²) in [4.78, 5) is 35.2. The maximum Gasteiger partial charge on any atom is 0.335 e. The van der Waals surface area contributed by atoms with Gasteiger partial charge in [0.25, 0.3) is 0 Å². The number of aliphatic carboxylic acids is 1. The fraction of sp³-hybridized carbons (Fsp3) is 0.357. The molecular formula is C14H14NO5-. The van der Waals surface area contributed by atoms with E-state index in [-0.39, 0.29) is 30.9 Å². The fourth-order valence-corrected chi connectivity index (χ4v) is 2.46. The molecule has 0 saturated heterocycles. The molecule has 0 aliphatic carbocycles. The van der Waals surface area contributed by atoms with Crippen molar-refractivity contribution in [2.45, 2.75) is 19.4 Å². The van der Waals surface area contributed by atoms with Crippen molar-refractivity contribution in [3.05, 3.63) is 34.9 Å². The molecule has 0 fully saturated rings. The summed E-state index contributed by atoms with van der Waals surface area (Å²) in [5, 5.41) is 19.7. The zero-order valence-electron chi connectivity index (χ0n) is 11.0. The molecule has 0 radical (unpaired) electrons. The number of rotatable bonds is 3. The fourth-order valence-electron chi connectivity index (χ4n) is 2.46. The number of amides is 1. The van der Waals surface area contributed by atoms with Crippen molar-refractivity contribution in [1.82, 2.24) is 4.90 Å². The monoisotopic (exact) mass is 276 g/mol. The molecule has 2 rings (SSSR count). The number of carbonyl (C=O) groups excluding carboxylic acids is 2. The third-order valence-corrected chi connectivity index (χ3v) is 3.47. The van der Waals surface area contributed by atoms with Gasteiger partial charge in [0.2, 0.25) is 5.91 Å². The second-order valence-corrected chi connectivity index (χ2v) is 4.96. The van der Waals surface area contributed by atoms with E-state index in [1.165, 1.54) is 17.0 Å². The highest BCUT2D eigenvalue weighted by Crippen LogP contribution is 2.25. The molecule has 0 spiro atoms. The average Bonchev–Trinajstić information content (AvgIpc) is 2.47. The molecule has 0 aromatic heterocycles. The van der Waals surface area contributed by atoms with Crippen LogP contribution in [0.3, 0.4) is 0 Å². The molecule has 1 aromatic rings. The summed E-state index contributed by atoms with van der Waals surface area (Å²) < 4.78 is 0. The highest BCUT2D eigenvalue weighted by Gasteiger charge is 2.28. The van der Waals surface area contributed by atoms with E-state index >= 15 is 0 Å². The molecule has 1 aliphatic rings. The van der Waals surface area contributed by atoms with Crippen molar-refractivity contribution in [1.29, 1.82) is 0 Å². The van der Waals surface area contributed by atoms with Crippen LogP contribution in [0, 0.1) is 5.92 Å². The molecule has 0 saturated carbocycles. The summed E-state index contributed by atoms with van der Waals surface area (Å²) in [6.45, 7) is 0.277. The third-order valence-electron chi connectivity index (χ3n) is 3.47. The quantitative estimate of drug-likeness (QED) is 0.814. The second kappa shape index (κ2) is 5.32. The van der Waals surface area contributed by atoms with Crippen molar-refractivity contribution in [2.24, 2.45) is 5.92 Å². The Balaban J connectivity index is 2.37. The van der Waals surface area contributed by atoms with Crippen LogP contribution in [0.25, 0.3) is 0 Å². The molecule has 1 heterocycles. The van der Waals surface area contributed by atoms with Crippen LogP contribution in [0.1, 0.15) is 27.9 Å². The van der Waals surface area contributed by atoms with Gasteiger partial charge in [-0.2, -0.15) is 0 Å².